The lowest BCUT2D eigenvalue weighted by molar-refractivity contribution is 0.401. The first-order valence-electron chi connectivity index (χ1n) is 5.81. The highest BCUT2D eigenvalue weighted by molar-refractivity contribution is 5.90. The molecule has 0 aliphatic heterocycles. The molecule has 3 heteroatoms. The van der Waals surface area contributed by atoms with Gasteiger partial charge in [0, 0.05) is 17.1 Å². The highest BCUT2D eigenvalue weighted by Crippen LogP contribution is 2.32. The van der Waals surface area contributed by atoms with Crippen LogP contribution >= 0.6 is 0 Å². The summed E-state index contributed by atoms with van der Waals surface area (Å²) >= 11 is 0. The van der Waals surface area contributed by atoms with Crippen LogP contribution in [0.4, 0.5) is 0 Å². The first-order chi connectivity index (χ1) is 8.10. The first-order valence-corrected chi connectivity index (χ1v) is 5.81. The SMILES string of the molecule is CCC(C)(N)c1cnc(OC)c2ccccc12. The Morgan fingerprint density at radius 1 is 1.29 bits per heavy atom. The molecule has 1 unspecified atom stereocenters. The maximum atomic E-state index is 6.31. The van der Waals surface area contributed by atoms with E-state index in [1.54, 1.807) is 7.11 Å². The van der Waals surface area contributed by atoms with Gasteiger partial charge in [0.05, 0.1) is 7.11 Å². The topological polar surface area (TPSA) is 48.1 Å². The molecule has 90 valence electrons. The molecule has 2 aromatic rings. The molecular weight excluding hydrogens is 212 g/mol. The third kappa shape index (κ3) is 1.98. The van der Waals surface area contributed by atoms with E-state index in [9.17, 15) is 0 Å². The van der Waals surface area contributed by atoms with Gasteiger partial charge in [-0.1, -0.05) is 25.1 Å². The third-order valence-corrected chi connectivity index (χ3v) is 3.30. The minimum Gasteiger partial charge on any atom is -0.481 e. The van der Waals surface area contributed by atoms with Crippen LogP contribution in [-0.2, 0) is 5.54 Å². The fraction of sp³-hybridized carbons (Fsp3) is 0.357. The second-order valence-corrected chi connectivity index (χ2v) is 4.50. The average molecular weight is 230 g/mol. The number of hydrogen-bond donors (Lipinski definition) is 1. The van der Waals surface area contributed by atoms with Gasteiger partial charge in [-0.3, -0.25) is 0 Å². The van der Waals surface area contributed by atoms with Crippen LogP contribution in [0.5, 0.6) is 5.88 Å². The normalized spacial score (nSPS) is 14.6. The maximum absolute atomic E-state index is 6.31. The molecule has 1 heterocycles. The molecular formula is C14H18N2O. The Kier molecular flexibility index (Phi) is 3.03. The Hall–Kier alpha value is -1.61. The monoisotopic (exact) mass is 230 g/mol. The number of pyridine rings is 1. The molecule has 0 aliphatic rings. The van der Waals surface area contributed by atoms with Crippen LogP contribution in [0.2, 0.25) is 0 Å². The highest BCUT2D eigenvalue weighted by Gasteiger charge is 2.22. The smallest absolute Gasteiger partial charge is 0.221 e. The number of nitrogens with two attached hydrogens (primary N) is 1. The Bertz CT molecular complexity index is 535. The van der Waals surface area contributed by atoms with Crippen LogP contribution in [-0.4, -0.2) is 12.1 Å². The summed E-state index contributed by atoms with van der Waals surface area (Å²) in [5, 5.41) is 2.13. The zero-order chi connectivity index (χ0) is 12.5. The lowest BCUT2D eigenvalue weighted by atomic mass is 9.88. The molecule has 17 heavy (non-hydrogen) atoms. The van der Waals surface area contributed by atoms with Crippen molar-refractivity contribution in [2.75, 3.05) is 7.11 Å². The number of benzene rings is 1. The van der Waals surface area contributed by atoms with E-state index in [-0.39, 0.29) is 5.54 Å². The molecule has 0 aliphatic carbocycles. The van der Waals surface area contributed by atoms with E-state index in [2.05, 4.69) is 18.0 Å². The van der Waals surface area contributed by atoms with E-state index in [1.165, 1.54) is 0 Å². The Balaban J connectivity index is 2.75. The van der Waals surface area contributed by atoms with E-state index in [4.69, 9.17) is 10.5 Å². The molecule has 3 nitrogen and oxygen atoms in total. The molecule has 1 atom stereocenters. The van der Waals surface area contributed by atoms with Gasteiger partial charge < -0.3 is 10.5 Å². The molecule has 2 N–H and O–H groups in total. The zero-order valence-corrected chi connectivity index (χ0v) is 10.5. The van der Waals surface area contributed by atoms with Crippen molar-refractivity contribution in [3.8, 4) is 5.88 Å². The summed E-state index contributed by atoms with van der Waals surface area (Å²) in [7, 11) is 1.63. The molecule has 0 saturated carbocycles. The van der Waals surface area contributed by atoms with Crippen molar-refractivity contribution < 1.29 is 4.74 Å². The lowest BCUT2D eigenvalue weighted by Crippen LogP contribution is -2.32. The van der Waals surface area contributed by atoms with Gasteiger partial charge in [-0.2, -0.15) is 0 Å². The van der Waals surface area contributed by atoms with Crippen LogP contribution in [0.1, 0.15) is 25.8 Å². The summed E-state index contributed by atoms with van der Waals surface area (Å²) in [6.07, 6.45) is 2.69. The Morgan fingerprint density at radius 2 is 1.94 bits per heavy atom. The van der Waals surface area contributed by atoms with Gasteiger partial charge in [0.1, 0.15) is 0 Å². The van der Waals surface area contributed by atoms with Gasteiger partial charge in [-0.15, -0.1) is 0 Å². The highest BCUT2D eigenvalue weighted by atomic mass is 16.5. The predicted octanol–water partition coefficient (Wildman–Crippen LogP) is 2.83. The van der Waals surface area contributed by atoms with E-state index < -0.39 is 0 Å². The van der Waals surface area contributed by atoms with E-state index >= 15 is 0 Å². The van der Waals surface area contributed by atoms with Crippen LogP contribution in [0, 0.1) is 0 Å². The van der Waals surface area contributed by atoms with Crippen molar-refractivity contribution in [1.82, 2.24) is 4.98 Å². The predicted molar refractivity (Wildman–Crippen MR) is 70.1 cm³/mol. The van der Waals surface area contributed by atoms with Crippen molar-refractivity contribution in [1.29, 1.82) is 0 Å². The van der Waals surface area contributed by atoms with Crippen molar-refractivity contribution in [2.45, 2.75) is 25.8 Å². The molecule has 0 amide bonds. The summed E-state index contributed by atoms with van der Waals surface area (Å²) < 4.78 is 5.28. The number of hydrogen-bond acceptors (Lipinski definition) is 3. The number of fused-ring (bicyclic) bond motifs is 1. The van der Waals surface area contributed by atoms with Crippen LogP contribution in [0.25, 0.3) is 10.8 Å². The van der Waals surface area contributed by atoms with Crippen molar-refractivity contribution >= 4 is 10.8 Å². The molecule has 0 bridgehead atoms. The molecule has 1 aromatic heterocycles. The number of ether oxygens (including phenoxy) is 1. The molecule has 2 rings (SSSR count). The second kappa shape index (κ2) is 4.34. The summed E-state index contributed by atoms with van der Waals surface area (Å²) in [6.45, 7) is 4.11. The minimum atomic E-state index is -0.362. The van der Waals surface area contributed by atoms with Gasteiger partial charge >= 0.3 is 0 Å². The molecule has 1 aromatic carbocycles. The Labute approximate surface area is 102 Å². The van der Waals surface area contributed by atoms with Gasteiger partial charge in [0.15, 0.2) is 0 Å². The van der Waals surface area contributed by atoms with E-state index in [1.807, 2.05) is 31.3 Å². The number of methoxy groups -OCH3 is 1. The fourth-order valence-electron chi connectivity index (χ4n) is 1.97. The summed E-state index contributed by atoms with van der Waals surface area (Å²) in [4.78, 5) is 4.34. The summed E-state index contributed by atoms with van der Waals surface area (Å²) in [5.41, 5.74) is 7.02. The van der Waals surface area contributed by atoms with Crippen molar-refractivity contribution in [3.05, 3.63) is 36.0 Å². The molecule has 0 spiro atoms. The average Bonchev–Trinajstić information content (AvgIpc) is 2.37. The standard InChI is InChI=1S/C14H18N2O/c1-4-14(2,15)12-9-16-13(17-3)11-8-6-5-7-10(11)12/h5-9H,4,15H2,1-3H3. The Morgan fingerprint density at radius 3 is 2.53 bits per heavy atom. The number of nitrogens with zero attached hydrogens (tertiary/aromatic N) is 1. The summed E-state index contributed by atoms with van der Waals surface area (Å²) in [5.74, 6) is 0.649. The fourth-order valence-corrected chi connectivity index (χ4v) is 1.97. The zero-order valence-electron chi connectivity index (χ0n) is 10.5. The van der Waals surface area contributed by atoms with Crippen LogP contribution in [0.15, 0.2) is 30.5 Å². The van der Waals surface area contributed by atoms with E-state index in [0.29, 0.717) is 5.88 Å². The third-order valence-electron chi connectivity index (χ3n) is 3.30. The number of rotatable bonds is 3. The van der Waals surface area contributed by atoms with Gasteiger partial charge in [-0.25, -0.2) is 4.98 Å². The van der Waals surface area contributed by atoms with E-state index in [0.717, 1.165) is 22.8 Å². The van der Waals surface area contributed by atoms with Crippen molar-refractivity contribution in [3.63, 3.8) is 0 Å². The summed E-state index contributed by atoms with van der Waals surface area (Å²) in [6, 6.07) is 8.07. The van der Waals surface area contributed by atoms with Crippen LogP contribution in [0.3, 0.4) is 0 Å². The largest absolute Gasteiger partial charge is 0.481 e. The number of aromatic nitrogens is 1. The molecule has 0 radical (unpaired) electrons. The molecule has 0 fully saturated rings. The van der Waals surface area contributed by atoms with Crippen molar-refractivity contribution in [2.24, 2.45) is 5.73 Å². The minimum absolute atomic E-state index is 0.362. The van der Waals surface area contributed by atoms with Crippen LogP contribution < -0.4 is 10.5 Å². The van der Waals surface area contributed by atoms with Gasteiger partial charge in [0.25, 0.3) is 0 Å². The first kappa shape index (κ1) is 11.9. The van der Waals surface area contributed by atoms with Gasteiger partial charge in [0.2, 0.25) is 5.88 Å². The lowest BCUT2D eigenvalue weighted by Gasteiger charge is -2.25. The second-order valence-electron chi connectivity index (χ2n) is 4.50. The van der Waals surface area contributed by atoms with Gasteiger partial charge in [-0.05, 0) is 30.4 Å². The maximum Gasteiger partial charge on any atom is 0.221 e. The molecule has 0 saturated heterocycles. The quantitative estimate of drug-likeness (QED) is 0.882.